The van der Waals surface area contributed by atoms with Crippen LogP contribution in [0.1, 0.15) is 22.3 Å². The van der Waals surface area contributed by atoms with E-state index in [1.54, 1.807) is 0 Å². The van der Waals surface area contributed by atoms with Gasteiger partial charge in [-0.3, -0.25) is 4.90 Å². The Kier molecular flexibility index (Phi) is 4.87. The minimum atomic E-state index is -0.267. The number of benzene rings is 3. The van der Waals surface area contributed by atoms with E-state index in [0.717, 1.165) is 26.2 Å². The summed E-state index contributed by atoms with van der Waals surface area (Å²) in [7, 11) is 0. The maximum atomic E-state index is 3.51. The third-order valence-corrected chi connectivity index (χ3v) is 5.41. The molecule has 2 nitrogen and oxygen atoms in total. The smallest absolute Gasteiger partial charge is 0.0973 e. The minimum Gasteiger partial charge on any atom is -0.314 e. The van der Waals surface area contributed by atoms with Gasteiger partial charge in [0.05, 0.1) is 5.54 Å². The van der Waals surface area contributed by atoms with Crippen LogP contribution in [0.4, 0.5) is 0 Å². The normalized spacial score (nSPS) is 15.7. The second-order valence-corrected chi connectivity index (χ2v) is 7.05. The van der Waals surface area contributed by atoms with Crippen LogP contribution in [-0.2, 0) is 5.54 Å². The fraction of sp³-hybridized carbons (Fsp3) is 0.250. The topological polar surface area (TPSA) is 15.3 Å². The summed E-state index contributed by atoms with van der Waals surface area (Å²) in [6, 6.07) is 30.9. The number of nitrogens with one attached hydrogen (secondary N) is 1. The Morgan fingerprint density at radius 1 is 0.692 bits per heavy atom. The van der Waals surface area contributed by atoms with Crippen molar-refractivity contribution >= 4 is 0 Å². The molecule has 4 rings (SSSR count). The standard InChI is InChI=1S/C24H26N2/c1-20-9-8-14-23(19-20)24(21-10-4-2-5-11-21,22-12-6-3-7-13-22)26-17-15-25-16-18-26/h2-14,19,25H,15-18H2,1H3. The number of piperazine rings is 1. The summed E-state index contributed by atoms with van der Waals surface area (Å²) in [6.07, 6.45) is 0. The molecule has 1 fully saturated rings. The van der Waals surface area contributed by atoms with Gasteiger partial charge in [0.25, 0.3) is 0 Å². The molecule has 1 heterocycles. The largest absolute Gasteiger partial charge is 0.314 e. The summed E-state index contributed by atoms with van der Waals surface area (Å²) < 4.78 is 0. The van der Waals surface area contributed by atoms with E-state index in [4.69, 9.17) is 0 Å². The fourth-order valence-corrected chi connectivity index (χ4v) is 4.28. The quantitative estimate of drug-likeness (QED) is 0.715. The molecule has 0 aromatic heterocycles. The first kappa shape index (κ1) is 17.0. The van der Waals surface area contributed by atoms with E-state index in [2.05, 4.69) is 102 Å². The van der Waals surface area contributed by atoms with E-state index in [9.17, 15) is 0 Å². The summed E-state index contributed by atoms with van der Waals surface area (Å²) in [6.45, 7) is 6.28. The molecule has 0 amide bonds. The van der Waals surface area contributed by atoms with Crippen LogP contribution in [0.2, 0.25) is 0 Å². The van der Waals surface area contributed by atoms with Crippen molar-refractivity contribution in [2.24, 2.45) is 0 Å². The highest BCUT2D eigenvalue weighted by Crippen LogP contribution is 2.42. The van der Waals surface area contributed by atoms with Gasteiger partial charge >= 0.3 is 0 Å². The van der Waals surface area contributed by atoms with E-state index < -0.39 is 0 Å². The molecule has 0 unspecified atom stereocenters. The summed E-state index contributed by atoms with van der Waals surface area (Å²) in [4.78, 5) is 2.64. The van der Waals surface area contributed by atoms with Gasteiger partial charge in [0.2, 0.25) is 0 Å². The van der Waals surface area contributed by atoms with Gasteiger partial charge in [-0.2, -0.15) is 0 Å². The molecule has 3 aromatic carbocycles. The molecular formula is C24H26N2. The van der Waals surface area contributed by atoms with Crippen LogP contribution >= 0.6 is 0 Å². The van der Waals surface area contributed by atoms with Gasteiger partial charge < -0.3 is 5.32 Å². The maximum Gasteiger partial charge on any atom is 0.0973 e. The molecule has 1 aliphatic heterocycles. The maximum absolute atomic E-state index is 3.51. The Morgan fingerprint density at radius 2 is 1.23 bits per heavy atom. The van der Waals surface area contributed by atoms with Crippen LogP contribution in [-0.4, -0.2) is 31.1 Å². The van der Waals surface area contributed by atoms with E-state index in [1.807, 2.05) is 0 Å². The highest BCUT2D eigenvalue weighted by atomic mass is 15.2. The van der Waals surface area contributed by atoms with Gasteiger partial charge in [0, 0.05) is 26.2 Å². The van der Waals surface area contributed by atoms with Crippen LogP contribution in [0.5, 0.6) is 0 Å². The van der Waals surface area contributed by atoms with Gasteiger partial charge in [0.15, 0.2) is 0 Å². The van der Waals surface area contributed by atoms with Gasteiger partial charge in [-0.25, -0.2) is 0 Å². The zero-order valence-electron chi connectivity index (χ0n) is 15.4. The van der Waals surface area contributed by atoms with Crippen molar-refractivity contribution in [2.45, 2.75) is 12.5 Å². The fourth-order valence-electron chi connectivity index (χ4n) is 4.28. The van der Waals surface area contributed by atoms with Gasteiger partial charge in [-0.05, 0) is 23.6 Å². The van der Waals surface area contributed by atoms with Gasteiger partial charge in [-0.15, -0.1) is 0 Å². The number of hydrogen-bond donors (Lipinski definition) is 1. The van der Waals surface area contributed by atoms with E-state index in [1.165, 1.54) is 22.3 Å². The van der Waals surface area contributed by atoms with Gasteiger partial charge in [0.1, 0.15) is 0 Å². The lowest BCUT2D eigenvalue weighted by atomic mass is 9.75. The molecule has 0 saturated carbocycles. The molecule has 0 radical (unpaired) electrons. The predicted octanol–water partition coefficient (Wildman–Crippen LogP) is 4.19. The van der Waals surface area contributed by atoms with Crippen LogP contribution in [0.25, 0.3) is 0 Å². The molecule has 0 spiro atoms. The highest BCUT2D eigenvalue weighted by molar-refractivity contribution is 5.50. The zero-order valence-corrected chi connectivity index (χ0v) is 15.4. The number of aryl methyl sites for hydroxylation is 1. The summed E-state index contributed by atoms with van der Waals surface area (Å²) in [5, 5.41) is 3.51. The van der Waals surface area contributed by atoms with Gasteiger partial charge in [-0.1, -0.05) is 90.5 Å². The first-order chi connectivity index (χ1) is 12.8. The second kappa shape index (κ2) is 7.45. The Balaban J connectivity index is 2.02. The van der Waals surface area contributed by atoms with E-state index in [-0.39, 0.29) is 5.54 Å². The Labute approximate surface area is 156 Å². The first-order valence-corrected chi connectivity index (χ1v) is 9.46. The van der Waals surface area contributed by atoms with Crippen LogP contribution < -0.4 is 5.32 Å². The molecule has 26 heavy (non-hydrogen) atoms. The van der Waals surface area contributed by atoms with E-state index in [0.29, 0.717) is 0 Å². The molecule has 3 aromatic rings. The second-order valence-electron chi connectivity index (χ2n) is 7.05. The molecule has 0 aliphatic carbocycles. The average molecular weight is 342 g/mol. The van der Waals surface area contributed by atoms with Crippen molar-refractivity contribution in [1.29, 1.82) is 0 Å². The Hall–Kier alpha value is -2.42. The molecule has 132 valence electrons. The summed E-state index contributed by atoms with van der Waals surface area (Å²) in [5.74, 6) is 0. The van der Waals surface area contributed by atoms with Crippen LogP contribution in [0.3, 0.4) is 0 Å². The molecule has 0 bridgehead atoms. The molecule has 2 heteroatoms. The van der Waals surface area contributed by atoms with Crippen molar-refractivity contribution < 1.29 is 0 Å². The monoisotopic (exact) mass is 342 g/mol. The van der Waals surface area contributed by atoms with Crippen molar-refractivity contribution in [3.05, 3.63) is 107 Å². The third kappa shape index (κ3) is 2.96. The molecule has 1 N–H and O–H groups in total. The molecule has 0 atom stereocenters. The molecule has 1 aliphatic rings. The number of rotatable bonds is 4. The lowest BCUT2D eigenvalue weighted by molar-refractivity contribution is 0.137. The van der Waals surface area contributed by atoms with Crippen LogP contribution in [0, 0.1) is 6.92 Å². The predicted molar refractivity (Wildman–Crippen MR) is 108 cm³/mol. The lowest BCUT2D eigenvalue weighted by Gasteiger charge is -2.47. The van der Waals surface area contributed by atoms with Crippen molar-refractivity contribution in [3.63, 3.8) is 0 Å². The van der Waals surface area contributed by atoms with Crippen molar-refractivity contribution in [3.8, 4) is 0 Å². The Bertz CT molecular complexity index is 797. The zero-order chi connectivity index (χ0) is 17.8. The highest BCUT2D eigenvalue weighted by Gasteiger charge is 2.42. The van der Waals surface area contributed by atoms with Crippen molar-refractivity contribution in [1.82, 2.24) is 10.2 Å². The van der Waals surface area contributed by atoms with Crippen molar-refractivity contribution in [2.75, 3.05) is 26.2 Å². The summed E-state index contributed by atoms with van der Waals surface area (Å²) >= 11 is 0. The Morgan fingerprint density at radius 3 is 1.77 bits per heavy atom. The molecule has 1 saturated heterocycles. The third-order valence-electron chi connectivity index (χ3n) is 5.41. The average Bonchev–Trinajstić information content (AvgIpc) is 2.71. The minimum absolute atomic E-state index is 0.267. The van der Waals surface area contributed by atoms with E-state index >= 15 is 0 Å². The SMILES string of the molecule is Cc1cccc(C(c2ccccc2)(c2ccccc2)N2CCNCC2)c1. The lowest BCUT2D eigenvalue weighted by Crippen LogP contribution is -2.55. The summed E-state index contributed by atoms with van der Waals surface area (Å²) in [5.41, 5.74) is 5.04. The number of nitrogens with zero attached hydrogens (tertiary/aromatic N) is 1. The molecular weight excluding hydrogens is 316 g/mol. The number of hydrogen-bond acceptors (Lipinski definition) is 2. The van der Waals surface area contributed by atoms with Crippen LogP contribution in [0.15, 0.2) is 84.9 Å². The first-order valence-electron chi connectivity index (χ1n) is 9.46.